The zero-order valence-corrected chi connectivity index (χ0v) is 11.3. The van der Waals surface area contributed by atoms with Crippen LogP contribution in [0.25, 0.3) is 10.8 Å². The highest BCUT2D eigenvalue weighted by Crippen LogP contribution is 2.28. The van der Waals surface area contributed by atoms with Crippen molar-refractivity contribution in [3.8, 4) is 0 Å². The van der Waals surface area contributed by atoms with Crippen molar-refractivity contribution in [3.63, 3.8) is 0 Å². The van der Waals surface area contributed by atoms with Crippen LogP contribution in [0, 0.1) is 11.6 Å². The van der Waals surface area contributed by atoms with Crippen molar-refractivity contribution in [2.24, 2.45) is 0 Å². The van der Waals surface area contributed by atoms with Crippen molar-refractivity contribution in [2.45, 2.75) is 0 Å². The van der Waals surface area contributed by atoms with Crippen LogP contribution >= 0.6 is 12.4 Å². The molecule has 0 fully saturated rings. The lowest BCUT2D eigenvalue weighted by Crippen LogP contribution is -1.92. The third kappa shape index (κ3) is 2.73. The Labute approximate surface area is 121 Å². The van der Waals surface area contributed by atoms with Gasteiger partial charge in [0.15, 0.2) is 0 Å². The summed E-state index contributed by atoms with van der Waals surface area (Å²) in [6.45, 7) is 0. The molecular weight excluding hydrogens is 280 g/mol. The molecule has 0 aliphatic carbocycles. The lowest BCUT2D eigenvalue weighted by Gasteiger charge is -2.10. The largest absolute Gasteiger partial charge is 0.355 e. The van der Waals surface area contributed by atoms with Gasteiger partial charge < -0.3 is 5.32 Å². The summed E-state index contributed by atoms with van der Waals surface area (Å²) in [4.78, 5) is 0. The Morgan fingerprint density at radius 2 is 1.35 bits per heavy atom. The number of nitrogens with one attached hydrogen (secondary N) is 1. The number of hydrogen-bond donors (Lipinski definition) is 1. The summed E-state index contributed by atoms with van der Waals surface area (Å²) in [5, 5.41) is 4.53. The van der Waals surface area contributed by atoms with Crippen LogP contribution in [0.4, 0.5) is 20.2 Å². The highest BCUT2D eigenvalue weighted by molar-refractivity contribution is 5.95. The van der Waals surface area contributed by atoms with Gasteiger partial charge in [-0.15, -0.1) is 12.4 Å². The molecule has 0 saturated heterocycles. The van der Waals surface area contributed by atoms with Crippen LogP contribution in [0.15, 0.2) is 60.7 Å². The Morgan fingerprint density at radius 3 is 2.05 bits per heavy atom. The summed E-state index contributed by atoms with van der Waals surface area (Å²) < 4.78 is 26.5. The van der Waals surface area contributed by atoms with E-state index in [2.05, 4.69) is 5.32 Å². The topological polar surface area (TPSA) is 12.0 Å². The van der Waals surface area contributed by atoms with Crippen LogP contribution < -0.4 is 5.32 Å². The predicted octanol–water partition coefficient (Wildman–Crippen LogP) is 5.28. The Balaban J connectivity index is 0.00000147. The Hall–Kier alpha value is -2.13. The molecule has 0 aromatic heterocycles. The van der Waals surface area contributed by atoms with Crippen LogP contribution in [-0.2, 0) is 0 Å². The molecule has 102 valence electrons. The van der Waals surface area contributed by atoms with Gasteiger partial charge in [-0.05, 0) is 36.4 Å². The van der Waals surface area contributed by atoms with Crippen molar-refractivity contribution >= 4 is 34.6 Å². The van der Waals surface area contributed by atoms with Gasteiger partial charge in [0.25, 0.3) is 0 Å². The van der Waals surface area contributed by atoms with Crippen molar-refractivity contribution in [2.75, 3.05) is 5.32 Å². The third-order valence-corrected chi connectivity index (χ3v) is 2.99. The minimum absolute atomic E-state index is 0. The summed E-state index contributed by atoms with van der Waals surface area (Å²) in [5.41, 5.74) is 1.56. The van der Waals surface area contributed by atoms with E-state index in [4.69, 9.17) is 0 Å². The summed E-state index contributed by atoms with van der Waals surface area (Å²) in [6.07, 6.45) is 0. The highest BCUT2D eigenvalue weighted by atomic mass is 35.5. The van der Waals surface area contributed by atoms with Gasteiger partial charge in [-0.3, -0.25) is 0 Å². The SMILES string of the molecule is Cl.Fc1ccc(Nc2ccc(F)c3ccccc23)cc1. The van der Waals surface area contributed by atoms with Crippen molar-refractivity contribution in [3.05, 3.63) is 72.3 Å². The third-order valence-electron chi connectivity index (χ3n) is 2.99. The molecule has 0 heterocycles. The number of halogens is 3. The first kappa shape index (κ1) is 14.3. The van der Waals surface area contributed by atoms with Gasteiger partial charge in [-0.25, -0.2) is 8.78 Å². The van der Waals surface area contributed by atoms with Crippen LogP contribution in [0.2, 0.25) is 0 Å². The molecule has 0 aliphatic rings. The summed E-state index contributed by atoms with van der Waals surface area (Å²) >= 11 is 0. The fourth-order valence-corrected chi connectivity index (χ4v) is 2.06. The summed E-state index contributed by atoms with van der Waals surface area (Å²) in [5.74, 6) is -0.533. The lowest BCUT2D eigenvalue weighted by atomic mass is 10.1. The van der Waals surface area contributed by atoms with Gasteiger partial charge in [0.2, 0.25) is 0 Å². The van der Waals surface area contributed by atoms with Crippen LogP contribution in [0.1, 0.15) is 0 Å². The Morgan fingerprint density at radius 1 is 0.700 bits per heavy atom. The molecule has 4 heteroatoms. The zero-order valence-electron chi connectivity index (χ0n) is 10.4. The molecule has 0 saturated carbocycles. The van der Waals surface area contributed by atoms with Gasteiger partial charge in [0.1, 0.15) is 11.6 Å². The van der Waals surface area contributed by atoms with E-state index in [1.807, 2.05) is 12.1 Å². The number of anilines is 2. The Kier molecular flexibility index (Phi) is 4.20. The standard InChI is InChI=1S/C16H11F2N.ClH/c17-11-5-7-12(8-6-11)19-16-10-9-15(18)13-3-1-2-4-14(13)16;/h1-10,19H;1H. The van der Waals surface area contributed by atoms with E-state index in [1.54, 1.807) is 30.3 Å². The highest BCUT2D eigenvalue weighted by Gasteiger charge is 2.05. The van der Waals surface area contributed by atoms with Gasteiger partial charge in [-0.2, -0.15) is 0 Å². The minimum atomic E-state index is -0.283. The molecule has 0 aliphatic heterocycles. The molecule has 0 bridgehead atoms. The maximum absolute atomic E-state index is 13.7. The molecule has 0 unspecified atom stereocenters. The van der Waals surface area contributed by atoms with Crippen LogP contribution in [0.3, 0.4) is 0 Å². The predicted molar refractivity (Wildman–Crippen MR) is 80.8 cm³/mol. The number of fused-ring (bicyclic) bond motifs is 1. The molecule has 0 amide bonds. The van der Waals surface area contributed by atoms with Crippen molar-refractivity contribution < 1.29 is 8.78 Å². The average Bonchev–Trinajstić information content (AvgIpc) is 2.45. The molecule has 20 heavy (non-hydrogen) atoms. The van der Waals surface area contributed by atoms with Crippen LogP contribution in [0.5, 0.6) is 0 Å². The molecule has 3 aromatic carbocycles. The maximum atomic E-state index is 13.7. The van der Waals surface area contributed by atoms with Gasteiger partial charge in [0, 0.05) is 22.1 Å². The van der Waals surface area contributed by atoms with E-state index < -0.39 is 0 Å². The maximum Gasteiger partial charge on any atom is 0.131 e. The van der Waals surface area contributed by atoms with Gasteiger partial charge >= 0.3 is 0 Å². The normalized spacial score (nSPS) is 10.1. The van der Waals surface area contributed by atoms with Gasteiger partial charge in [-0.1, -0.05) is 24.3 Å². The number of benzene rings is 3. The molecule has 0 spiro atoms. The summed E-state index contributed by atoms with van der Waals surface area (Å²) in [7, 11) is 0. The number of rotatable bonds is 2. The molecule has 1 N–H and O–H groups in total. The first-order chi connectivity index (χ1) is 9.24. The molecule has 0 radical (unpaired) electrons. The quantitative estimate of drug-likeness (QED) is 0.677. The monoisotopic (exact) mass is 291 g/mol. The van der Waals surface area contributed by atoms with Gasteiger partial charge in [0.05, 0.1) is 0 Å². The summed E-state index contributed by atoms with van der Waals surface area (Å²) in [6, 6.07) is 16.4. The van der Waals surface area contributed by atoms with E-state index in [1.165, 1.54) is 18.2 Å². The molecule has 3 rings (SSSR count). The van der Waals surface area contributed by atoms with Crippen LogP contribution in [-0.4, -0.2) is 0 Å². The van der Waals surface area contributed by atoms with E-state index in [0.717, 1.165) is 16.8 Å². The second-order valence-electron chi connectivity index (χ2n) is 4.27. The van der Waals surface area contributed by atoms with E-state index in [9.17, 15) is 8.78 Å². The first-order valence-electron chi connectivity index (χ1n) is 5.94. The molecule has 0 atom stereocenters. The van der Waals surface area contributed by atoms with E-state index in [0.29, 0.717) is 5.39 Å². The smallest absolute Gasteiger partial charge is 0.131 e. The van der Waals surface area contributed by atoms with Crippen molar-refractivity contribution in [1.29, 1.82) is 0 Å². The zero-order chi connectivity index (χ0) is 13.2. The second kappa shape index (κ2) is 5.88. The first-order valence-corrected chi connectivity index (χ1v) is 5.94. The van der Waals surface area contributed by atoms with E-state index in [-0.39, 0.29) is 24.0 Å². The average molecular weight is 292 g/mol. The Bertz CT molecular complexity index is 726. The van der Waals surface area contributed by atoms with E-state index >= 15 is 0 Å². The lowest BCUT2D eigenvalue weighted by molar-refractivity contribution is 0.628. The minimum Gasteiger partial charge on any atom is -0.355 e. The molecule has 1 nitrogen and oxygen atoms in total. The fraction of sp³-hybridized carbons (Fsp3) is 0. The number of hydrogen-bond acceptors (Lipinski definition) is 1. The second-order valence-corrected chi connectivity index (χ2v) is 4.27. The molecular formula is C16H12ClF2N. The fourth-order valence-electron chi connectivity index (χ4n) is 2.06. The van der Waals surface area contributed by atoms with Crippen molar-refractivity contribution in [1.82, 2.24) is 0 Å². The molecule has 3 aromatic rings.